The number of carbonyl (C=O) groups is 1. The van der Waals surface area contributed by atoms with Crippen molar-refractivity contribution in [2.45, 2.75) is 19.3 Å². The van der Waals surface area contributed by atoms with Crippen LogP contribution in [0.1, 0.15) is 18.7 Å². The molecule has 1 aliphatic heterocycles. The molecule has 5 heteroatoms. The van der Waals surface area contributed by atoms with Gasteiger partial charge < -0.3 is 15.2 Å². The third-order valence-corrected chi connectivity index (χ3v) is 3.23. The first kappa shape index (κ1) is 12.1. The summed E-state index contributed by atoms with van der Waals surface area (Å²) in [6.45, 7) is 2.70. The van der Waals surface area contributed by atoms with Gasteiger partial charge in [-0.2, -0.15) is 0 Å². The molecule has 0 bridgehead atoms. The second-order valence-corrected chi connectivity index (χ2v) is 4.62. The van der Waals surface area contributed by atoms with Crippen molar-refractivity contribution in [3.8, 4) is 0 Å². The van der Waals surface area contributed by atoms with E-state index >= 15 is 0 Å². The maximum atomic E-state index is 11.6. The maximum Gasteiger partial charge on any atom is 0.220 e. The van der Waals surface area contributed by atoms with Crippen molar-refractivity contribution in [1.29, 1.82) is 0 Å². The normalized spacial score (nSPS) is 19.5. The molecule has 1 saturated heterocycles. The quantitative estimate of drug-likeness (QED) is 0.761. The lowest BCUT2D eigenvalue weighted by molar-refractivity contribution is -0.121. The smallest absolute Gasteiger partial charge is 0.220 e. The summed E-state index contributed by atoms with van der Waals surface area (Å²) in [5.41, 5.74) is 0. The van der Waals surface area contributed by atoms with Gasteiger partial charge in [0.1, 0.15) is 5.82 Å². The van der Waals surface area contributed by atoms with E-state index in [1.807, 2.05) is 17.8 Å². The Bertz CT molecular complexity index is 368. The Morgan fingerprint density at radius 3 is 3.24 bits per heavy atom. The molecule has 94 valence electrons. The second kappa shape index (κ2) is 5.82. The molecular weight excluding hydrogens is 216 g/mol. The first-order valence-electron chi connectivity index (χ1n) is 6.19. The molecule has 1 atom stereocenters. The third kappa shape index (κ3) is 3.56. The van der Waals surface area contributed by atoms with Crippen LogP contribution in [0.4, 0.5) is 0 Å². The van der Waals surface area contributed by atoms with Crippen LogP contribution < -0.4 is 10.6 Å². The Morgan fingerprint density at radius 2 is 2.59 bits per heavy atom. The maximum absolute atomic E-state index is 11.6. The van der Waals surface area contributed by atoms with Crippen molar-refractivity contribution < 1.29 is 4.79 Å². The lowest BCUT2D eigenvalue weighted by Crippen LogP contribution is -2.28. The summed E-state index contributed by atoms with van der Waals surface area (Å²) >= 11 is 0. The standard InChI is InChI=1S/C12H20N4O/c1-16-7-6-14-11(16)3-5-15-12(17)8-10-2-4-13-9-10/h6-7,10,13H,2-5,8-9H2,1H3,(H,15,17). The van der Waals surface area contributed by atoms with E-state index in [0.717, 1.165) is 31.8 Å². The van der Waals surface area contributed by atoms with Crippen LogP contribution in [0.25, 0.3) is 0 Å². The van der Waals surface area contributed by atoms with Gasteiger partial charge in [0.2, 0.25) is 5.91 Å². The topological polar surface area (TPSA) is 59.0 Å². The zero-order valence-electron chi connectivity index (χ0n) is 10.3. The molecule has 1 fully saturated rings. The van der Waals surface area contributed by atoms with Gasteiger partial charge in [0, 0.05) is 38.8 Å². The van der Waals surface area contributed by atoms with Gasteiger partial charge in [-0.25, -0.2) is 4.98 Å². The average molecular weight is 236 g/mol. The molecule has 2 rings (SSSR count). The summed E-state index contributed by atoms with van der Waals surface area (Å²) in [6.07, 6.45) is 6.25. The number of imidazole rings is 1. The third-order valence-electron chi connectivity index (χ3n) is 3.23. The second-order valence-electron chi connectivity index (χ2n) is 4.62. The van der Waals surface area contributed by atoms with Gasteiger partial charge in [-0.15, -0.1) is 0 Å². The summed E-state index contributed by atoms with van der Waals surface area (Å²) in [7, 11) is 1.97. The zero-order valence-corrected chi connectivity index (χ0v) is 10.3. The van der Waals surface area contributed by atoms with Crippen LogP contribution in [0.2, 0.25) is 0 Å². The fourth-order valence-corrected chi connectivity index (χ4v) is 2.17. The number of hydrogen-bond acceptors (Lipinski definition) is 3. The average Bonchev–Trinajstić information content (AvgIpc) is 2.91. The summed E-state index contributed by atoms with van der Waals surface area (Å²) in [5.74, 6) is 1.68. The number of aryl methyl sites for hydroxylation is 1. The molecular formula is C12H20N4O. The lowest BCUT2D eigenvalue weighted by atomic mass is 10.0. The molecule has 0 radical (unpaired) electrons. The lowest BCUT2D eigenvalue weighted by Gasteiger charge is -2.09. The summed E-state index contributed by atoms with van der Waals surface area (Å²) in [5, 5.41) is 6.23. The Balaban J connectivity index is 1.64. The molecule has 0 spiro atoms. The van der Waals surface area contributed by atoms with Crippen molar-refractivity contribution in [1.82, 2.24) is 20.2 Å². The monoisotopic (exact) mass is 236 g/mol. The van der Waals surface area contributed by atoms with E-state index in [0.29, 0.717) is 18.9 Å². The van der Waals surface area contributed by atoms with Crippen molar-refractivity contribution in [2.75, 3.05) is 19.6 Å². The van der Waals surface area contributed by atoms with Crippen molar-refractivity contribution in [3.63, 3.8) is 0 Å². The van der Waals surface area contributed by atoms with Gasteiger partial charge >= 0.3 is 0 Å². The van der Waals surface area contributed by atoms with E-state index < -0.39 is 0 Å². The first-order valence-corrected chi connectivity index (χ1v) is 6.19. The fourth-order valence-electron chi connectivity index (χ4n) is 2.17. The summed E-state index contributed by atoms with van der Waals surface area (Å²) in [6, 6.07) is 0. The summed E-state index contributed by atoms with van der Waals surface area (Å²) in [4.78, 5) is 15.9. The molecule has 1 unspecified atom stereocenters. The van der Waals surface area contributed by atoms with Gasteiger partial charge in [-0.3, -0.25) is 4.79 Å². The van der Waals surface area contributed by atoms with Crippen molar-refractivity contribution in [3.05, 3.63) is 18.2 Å². The molecule has 1 aliphatic rings. The Hall–Kier alpha value is -1.36. The van der Waals surface area contributed by atoms with E-state index in [4.69, 9.17) is 0 Å². The van der Waals surface area contributed by atoms with Crippen LogP contribution in [0, 0.1) is 5.92 Å². The number of amides is 1. The molecule has 1 aromatic rings. The predicted octanol–water partition coefficient (Wildman–Crippen LogP) is 0.0784. The molecule has 0 aromatic carbocycles. The number of aromatic nitrogens is 2. The first-order chi connectivity index (χ1) is 8.25. The Morgan fingerprint density at radius 1 is 1.71 bits per heavy atom. The molecule has 5 nitrogen and oxygen atoms in total. The minimum absolute atomic E-state index is 0.160. The highest BCUT2D eigenvalue weighted by Crippen LogP contribution is 2.11. The van der Waals surface area contributed by atoms with Crippen LogP contribution in [0.3, 0.4) is 0 Å². The van der Waals surface area contributed by atoms with Crippen LogP contribution in [-0.4, -0.2) is 35.1 Å². The van der Waals surface area contributed by atoms with Gasteiger partial charge in [-0.05, 0) is 25.4 Å². The van der Waals surface area contributed by atoms with Crippen LogP contribution in [0.5, 0.6) is 0 Å². The number of nitrogens with one attached hydrogen (secondary N) is 2. The number of nitrogens with zero attached hydrogens (tertiary/aromatic N) is 2. The van der Waals surface area contributed by atoms with E-state index in [9.17, 15) is 4.79 Å². The molecule has 2 N–H and O–H groups in total. The van der Waals surface area contributed by atoms with Crippen molar-refractivity contribution in [2.24, 2.45) is 13.0 Å². The number of hydrogen-bond donors (Lipinski definition) is 2. The molecule has 0 saturated carbocycles. The van der Waals surface area contributed by atoms with E-state index in [2.05, 4.69) is 15.6 Å². The molecule has 2 heterocycles. The molecule has 0 aliphatic carbocycles. The van der Waals surface area contributed by atoms with Crippen LogP contribution in [-0.2, 0) is 18.3 Å². The van der Waals surface area contributed by atoms with Gasteiger partial charge in [0.15, 0.2) is 0 Å². The fraction of sp³-hybridized carbons (Fsp3) is 0.667. The summed E-state index contributed by atoms with van der Waals surface area (Å²) < 4.78 is 1.98. The van der Waals surface area contributed by atoms with E-state index in [1.165, 1.54) is 0 Å². The number of rotatable bonds is 5. The van der Waals surface area contributed by atoms with Crippen LogP contribution in [0.15, 0.2) is 12.4 Å². The van der Waals surface area contributed by atoms with Gasteiger partial charge in [0.05, 0.1) is 0 Å². The van der Waals surface area contributed by atoms with Gasteiger partial charge in [-0.1, -0.05) is 0 Å². The van der Waals surface area contributed by atoms with Gasteiger partial charge in [0.25, 0.3) is 0 Å². The number of carbonyl (C=O) groups excluding carboxylic acids is 1. The SMILES string of the molecule is Cn1ccnc1CCNC(=O)CC1CCNC1. The molecule has 17 heavy (non-hydrogen) atoms. The largest absolute Gasteiger partial charge is 0.356 e. The minimum atomic E-state index is 0.160. The predicted molar refractivity (Wildman–Crippen MR) is 65.5 cm³/mol. The molecule has 1 amide bonds. The minimum Gasteiger partial charge on any atom is -0.356 e. The highest BCUT2D eigenvalue weighted by atomic mass is 16.1. The molecule has 1 aromatic heterocycles. The van der Waals surface area contributed by atoms with E-state index in [-0.39, 0.29) is 5.91 Å². The van der Waals surface area contributed by atoms with Crippen LogP contribution >= 0.6 is 0 Å². The van der Waals surface area contributed by atoms with Crippen molar-refractivity contribution >= 4 is 5.91 Å². The highest BCUT2D eigenvalue weighted by molar-refractivity contribution is 5.76. The Kier molecular flexibility index (Phi) is 4.14. The highest BCUT2D eigenvalue weighted by Gasteiger charge is 2.17. The van der Waals surface area contributed by atoms with E-state index in [1.54, 1.807) is 6.20 Å². The zero-order chi connectivity index (χ0) is 12.1. The Labute approximate surface area is 102 Å².